The molecule has 0 saturated carbocycles. The van der Waals surface area contributed by atoms with Crippen molar-refractivity contribution in [3.63, 3.8) is 0 Å². The highest BCUT2D eigenvalue weighted by molar-refractivity contribution is 5.98. The molecule has 0 aliphatic carbocycles. The molecule has 280 valence electrons. The number of hydrogen-bond acceptors (Lipinski definition) is 6. The number of benzene rings is 8. The summed E-state index contributed by atoms with van der Waals surface area (Å²) in [6.07, 6.45) is 0.987. The molecule has 2 aromatic heterocycles. The van der Waals surface area contributed by atoms with E-state index in [0.717, 1.165) is 101 Å². The Morgan fingerprint density at radius 3 is 1.12 bits per heavy atom. The van der Waals surface area contributed by atoms with Crippen molar-refractivity contribution in [1.29, 1.82) is 0 Å². The van der Waals surface area contributed by atoms with Gasteiger partial charge in [0.05, 0.1) is 52.0 Å². The Morgan fingerprint density at radius 1 is 0.448 bits per heavy atom. The molecule has 1 N–H and O–H groups in total. The standard InChI is InChI=1S/C26H19FN2.C25H18N2O2/c1-2-17-7-9-18(10-8-17)25-26(19-11-13-22(27)14-12-19)29-24-16-21-6-4-3-5-20(21)15-23(24)28-25;1-29-21-12-8-17(9-13-21)25-24(16-6-10-20(28)11-7-16)26-22-14-18-4-2-3-5-19(18)15-23(22)27-25/h3-16H,2H2,1H3;2-15,28H,1H3. The average molecular weight is 757 g/mol. The van der Waals surface area contributed by atoms with Crippen LogP contribution in [0.25, 0.3) is 88.6 Å². The molecule has 0 spiro atoms. The fourth-order valence-corrected chi connectivity index (χ4v) is 7.16. The molecule has 8 aromatic carbocycles. The van der Waals surface area contributed by atoms with Crippen molar-refractivity contribution in [2.24, 2.45) is 0 Å². The van der Waals surface area contributed by atoms with E-state index in [-0.39, 0.29) is 11.6 Å². The van der Waals surface area contributed by atoms with Gasteiger partial charge in [0.25, 0.3) is 0 Å². The lowest BCUT2D eigenvalue weighted by Gasteiger charge is -2.12. The fourth-order valence-electron chi connectivity index (χ4n) is 7.16. The zero-order valence-corrected chi connectivity index (χ0v) is 31.9. The summed E-state index contributed by atoms with van der Waals surface area (Å²) >= 11 is 0. The molecule has 0 fully saturated rings. The summed E-state index contributed by atoms with van der Waals surface area (Å²) in [7, 11) is 1.65. The second kappa shape index (κ2) is 15.6. The van der Waals surface area contributed by atoms with Crippen LogP contribution in [0.15, 0.2) is 170 Å². The number of halogens is 1. The van der Waals surface area contributed by atoms with Crippen LogP contribution in [0.3, 0.4) is 0 Å². The number of ether oxygens (including phenoxy) is 1. The zero-order chi connectivity index (χ0) is 39.6. The third-order valence-corrected chi connectivity index (χ3v) is 10.3. The largest absolute Gasteiger partial charge is 0.508 e. The summed E-state index contributed by atoms with van der Waals surface area (Å²) in [6, 6.07) is 54.4. The summed E-state index contributed by atoms with van der Waals surface area (Å²) in [4.78, 5) is 19.9. The summed E-state index contributed by atoms with van der Waals surface area (Å²) in [5.74, 6) is 0.751. The van der Waals surface area contributed by atoms with Crippen LogP contribution in [0, 0.1) is 5.82 Å². The summed E-state index contributed by atoms with van der Waals surface area (Å²) in [5, 5.41) is 14.2. The number of aromatic nitrogens is 4. The number of nitrogens with zero attached hydrogens (tertiary/aromatic N) is 4. The van der Waals surface area contributed by atoms with Gasteiger partial charge in [-0.15, -0.1) is 0 Å². The third kappa shape index (κ3) is 7.29. The first-order valence-electron chi connectivity index (χ1n) is 19.1. The van der Waals surface area contributed by atoms with Gasteiger partial charge in [0.15, 0.2) is 0 Å². The molecule has 0 radical (unpaired) electrons. The van der Waals surface area contributed by atoms with Gasteiger partial charge in [-0.1, -0.05) is 79.7 Å². The lowest BCUT2D eigenvalue weighted by atomic mass is 10.0. The van der Waals surface area contributed by atoms with E-state index in [1.807, 2.05) is 60.7 Å². The maximum absolute atomic E-state index is 13.5. The molecule has 0 aliphatic heterocycles. The average Bonchev–Trinajstić information content (AvgIpc) is 3.27. The quantitative estimate of drug-likeness (QED) is 0.170. The molecule has 2 heterocycles. The van der Waals surface area contributed by atoms with E-state index in [0.29, 0.717) is 0 Å². The minimum absolute atomic E-state index is 0.222. The number of aryl methyl sites for hydroxylation is 1. The lowest BCUT2D eigenvalue weighted by molar-refractivity contribution is 0.415. The first-order chi connectivity index (χ1) is 28.4. The predicted molar refractivity (Wildman–Crippen MR) is 233 cm³/mol. The Bertz CT molecular complexity index is 2870. The number of methoxy groups -OCH3 is 1. The van der Waals surface area contributed by atoms with Gasteiger partial charge in [-0.05, 0) is 131 Å². The van der Waals surface area contributed by atoms with E-state index in [2.05, 4.69) is 79.7 Å². The van der Waals surface area contributed by atoms with E-state index in [9.17, 15) is 9.50 Å². The van der Waals surface area contributed by atoms with Crippen molar-refractivity contribution >= 4 is 43.6 Å². The Labute approximate surface area is 334 Å². The predicted octanol–water partition coefficient (Wildman–Crippen LogP) is 12.6. The highest BCUT2D eigenvalue weighted by atomic mass is 19.1. The van der Waals surface area contributed by atoms with Crippen LogP contribution in [0.4, 0.5) is 4.39 Å². The van der Waals surface area contributed by atoms with E-state index in [1.165, 1.54) is 17.7 Å². The molecule has 0 atom stereocenters. The molecule has 58 heavy (non-hydrogen) atoms. The highest BCUT2D eigenvalue weighted by Gasteiger charge is 2.16. The van der Waals surface area contributed by atoms with Crippen LogP contribution in [0.5, 0.6) is 11.5 Å². The molecular formula is C51H37FN4O2. The number of fused-ring (bicyclic) bond motifs is 4. The number of phenolic OH excluding ortho intramolecular Hbond substituents is 1. The van der Waals surface area contributed by atoms with E-state index in [1.54, 1.807) is 31.4 Å². The molecule has 10 aromatic rings. The van der Waals surface area contributed by atoms with Gasteiger partial charge < -0.3 is 9.84 Å². The first kappa shape index (κ1) is 36.1. The van der Waals surface area contributed by atoms with Crippen LogP contribution in [-0.2, 0) is 6.42 Å². The lowest BCUT2D eigenvalue weighted by Crippen LogP contribution is -1.96. The van der Waals surface area contributed by atoms with Gasteiger partial charge in [0, 0.05) is 22.3 Å². The van der Waals surface area contributed by atoms with Gasteiger partial charge in [0.1, 0.15) is 17.3 Å². The Hall–Kier alpha value is -7.51. The molecule has 6 nitrogen and oxygen atoms in total. The van der Waals surface area contributed by atoms with Crippen molar-refractivity contribution in [2.45, 2.75) is 13.3 Å². The number of phenols is 1. The van der Waals surface area contributed by atoms with Crippen LogP contribution in [-0.4, -0.2) is 32.2 Å². The Kier molecular flexibility index (Phi) is 9.69. The van der Waals surface area contributed by atoms with Crippen LogP contribution < -0.4 is 4.74 Å². The monoisotopic (exact) mass is 756 g/mol. The smallest absolute Gasteiger partial charge is 0.123 e. The molecular weight excluding hydrogens is 720 g/mol. The molecule has 7 heteroatoms. The van der Waals surface area contributed by atoms with Crippen molar-refractivity contribution in [3.05, 3.63) is 181 Å². The molecule has 0 amide bonds. The second-order valence-electron chi connectivity index (χ2n) is 14.1. The highest BCUT2D eigenvalue weighted by Crippen LogP contribution is 2.35. The summed E-state index contributed by atoms with van der Waals surface area (Å²) in [5.41, 5.74) is 11.5. The maximum atomic E-state index is 13.5. The van der Waals surface area contributed by atoms with Gasteiger partial charge in [0.2, 0.25) is 0 Å². The SMILES string of the molecule is CCc1ccc(-c2nc3cc4ccccc4cc3nc2-c2ccc(F)cc2)cc1.COc1ccc(-c2nc3cc4ccccc4cc3nc2-c2ccc(O)cc2)cc1. The topological polar surface area (TPSA) is 81.0 Å². The maximum Gasteiger partial charge on any atom is 0.123 e. The number of hydrogen-bond donors (Lipinski definition) is 1. The minimum atomic E-state index is -0.262. The molecule has 0 unspecified atom stereocenters. The Balaban J connectivity index is 0.000000150. The van der Waals surface area contributed by atoms with Crippen molar-refractivity contribution in [2.75, 3.05) is 7.11 Å². The number of rotatable bonds is 6. The van der Waals surface area contributed by atoms with Crippen molar-refractivity contribution in [1.82, 2.24) is 19.9 Å². The molecule has 0 saturated heterocycles. The summed E-state index contributed by atoms with van der Waals surface area (Å²) < 4.78 is 18.8. The van der Waals surface area contributed by atoms with Gasteiger partial charge in [-0.3, -0.25) is 0 Å². The van der Waals surface area contributed by atoms with Gasteiger partial charge >= 0.3 is 0 Å². The Morgan fingerprint density at radius 2 is 0.776 bits per heavy atom. The van der Waals surface area contributed by atoms with E-state index in [4.69, 9.17) is 24.7 Å². The minimum Gasteiger partial charge on any atom is -0.508 e. The summed E-state index contributed by atoms with van der Waals surface area (Å²) in [6.45, 7) is 2.14. The van der Waals surface area contributed by atoms with Gasteiger partial charge in [-0.25, -0.2) is 24.3 Å². The van der Waals surface area contributed by atoms with Crippen molar-refractivity contribution < 1.29 is 14.2 Å². The number of aromatic hydroxyl groups is 1. The van der Waals surface area contributed by atoms with Crippen molar-refractivity contribution in [3.8, 4) is 56.5 Å². The van der Waals surface area contributed by atoms with Gasteiger partial charge in [-0.2, -0.15) is 0 Å². The molecule has 0 aliphatic rings. The first-order valence-corrected chi connectivity index (χ1v) is 19.1. The van der Waals surface area contributed by atoms with E-state index < -0.39 is 0 Å². The molecule has 10 rings (SSSR count). The fraction of sp³-hybridized carbons (Fsp3) is 0.0588. The third-order valence-electron chi connectivity index (χ3n) is 10.3. The van der Waals surface area contributed by atoms with Crippen LogP contribution in [0.1, 0.15) is 12.5 Å². The molecule has 0 bridgehead atoms. The van der Waals surface area contributed by atoms with Crippen LogP contribution in [0.2, 0.25) is 0 Å². The van der Waals surface area contributed by atoms with E-state index >= 15 is 0 Å². The van der Waals surface area contributed by atoms with Crippen LogP contribution >= 0.6 is 0 Å². The normalized spacial score (nSPS) is 11.2. The zero-order valence-electron chi connectivity index (χ0n) is 31.9. The second-order valence-corrected chi connectivity index (χ2v) is 14.1.